The molecule has 0 bridgehead atoms. The highest BCUT2D eigenvalue weighted by Gasteiger charge is 2.23. The second kappa shape index (κ2) is 3.42. The normalized spacial score (nSPS) is 14.2. The molecule has 0 amide bonds. The summed E-state index contributed by atoms with van der Waals surface area (Å²) in [6.45, 7) is 0. The average Bonchev–Trinajstić information content (AvgIpc) is 2.44. The van der Waals surface area contributed by atoms with E-state index >= 15 is 0 Å². The molecule has 88 valence electrons. The third-order valence-electron chi connectivity index (χ3n) is 3.80. The first kappa shape index (κ1) is 9.83. The highest BCUT2D eigenvalue weighted by atomic mass is 16.5. The molecule has 0 fully saturated rings. The molecule has 3 nitrogen and oxygen atoms in total. The van der Waals surface area contributed by atoms with Crippen LogP contribution in [0, 0.1) is 5.21 Å². The van der Waals surface area contributed by atoms with Crippen molar-refractivity contribution in [2.24, 2.45) is 0 Å². The van der Waals surface area contributed by atoms with Crippen molar-refractivity contribution in [3.63, 3.8) is 0 Å². The maximum absolute atomic E-state index is 12.4. The van der Waals surface area contributed by atoms with Crippen LogP contribution < -0.4 is 4.73 Å². The molecule has 0 unspecified atom stereocenters. The molecule has 2 heterocycles. The highest BCUT2D eigenvalue weighted by molar-refractivity contribution is 6.05. The number of aryl methyl sites for hydroxylation is 2. The summed E-state index contributed by atoms with van der Waals surface area (Å²) in [4.78, 5) is 4.43. The van der Waals surface area contributed by atoms with Crippen LogP contribution in [-0.4, -0.2) is 4.98 Å². The topological polar surface area (TPSA) is 39.8 Å². The molecule has 0 N–H and O–H groups in total. The summed E-state index contributed by atoms with van der Waals surface area (Å²) in [7, 11) is 0. The molecule has 0 radical (unpaired) electrons. The van der Waals surface area contributed by atoms with Crippen LogP contribution >= 0.6 is 0 Å². The number of rotatable bonds is 0. The number of hydrogen-bond acceptors (Lipinski definition) is 2. The van der Waals surface area contributed by atoms with Crippen molar-refractivity contribution in [2.45, 2.75) is 19.3 Å². The molecule has 2 aromatic heterocycles. The molecule has 0 spiro atoms. The van der Waals surface area contributed by atoms with Gasteiger partial charge in [-0.05, 0) is 25.0 Å². The monoisotopic (exact) mass is 236 g/mol. The van der Waals surface area contributed by atoms with Gasteiger partial charge in [-0.3, -0.25) is 4.98 Å². The lowest BCUT2D eigenvalue weighted by Gasteiger charge is -2.17. The maximum atomic E-state index is 12.4. The fourth-order valence-electron chi connectivity index (χ4n) is 3.02. The van der Waals surface area contributed by atoms with Gasteiger partial charge in [-0.25, -0.2) is 0 Å². The lowest BCUT2D eigenvalue weighted by atomic mass is 9.94. The molecule has 3 aromatic rings. The Balaban J connectivity index is 2.35. The van der Waals surface area contributed by atoms with Crippen molar-refractivity contribution in [2.75, 3.05) is 0 Å². The molecule has 4 rings (SSSR count). The Bertz CT molecular complexity index is 780. The summed E-state index contributed by atoms with van der Waals surface area (Å²) in [5, 5.41) is 15.7. The van der Waals surface area contributed by atoms with Crippen molar-refractivity contribution in [3.8, 4) is 0 Å². The Morgan fingerprint density at radius 1 is 1.06 bits per heavy atom. The second-order valence-corrected chi connectivity index (χ2v) is 4.79. The SMILES string of the molecule is [O-][n+]1c2c3c(nccc3c3ccccc31)CCC2. The maximum Gasteiger partial charge on any atom is 0.224 e. The summed E-state index contributed by atoms with van der Waals surface area (Å²) in [6.07, 6.45) is 4.69. The lowest BCUT2D eigenvalue weighted by molar-refractivity contribution is -0.584. The Morgan fingerprint density at radius 3 is 2.89 bits per heavy atom. The standard InChI is InChI=1S/C15H12N2O/c18-17-13-6-2-1-4-10(13)11-8-9-16-12-5-3-7-14(17)15(11)12/h1-2,4,6,8-9H,3,5,7H2. The van der Waals surface area contributed by atoms with E-state index in [0.29, 0.717) is 0 Å². The Morgan fingerprint density at radius 2 is 1.94 bits per heavy atom. The van der Waals surface area contributed by atoms with Crippen molar-refractivity contribution in [3.05, 3.63) is 53.1 Å². The molecule has 0 aliphatic heterocycles. The van der Waals surface area contributed by atoms with Crippen LogP contribution in [-0.2, 0) is 12.8 Å². The van der Waals surface area contributed by atoms with Gasteiger partial charge >= 0.3 is 0 Å². The molecule has 1 aromatic carbocycles. The number of benzene rings is 1. The van der Waals surface area contributed by atoms with Gasteiger partial charge in [0.05, 0.1) is 16.5 Å². The Hall–Kier alpha value is -2.16. The van der Waals surface area contributed by atoms with Gasteiger partial charge < -0.3 is 5.21 Å². The summed E-state index contributed by atoms with van der Waals surface area (Å²) >= 11 is 0. The van der Waals surface area contributed by atoms with Crippen LogP contribution in [0.5, 0.6) is 0 Å². The van der Waals surface area contributed by atoms with Crippen LogP contribution in [0.2, 0.25) is 0 Å². The van der Waals surface area contributed by atoms with E-state index in [0.717, 1.165) is 57.1 Å². The number of aromatic nitrogens is 2. The van der Waals surface area contributed by atoms with Crippen molar-refractivity contribution in [1.29, 1.82) is 0 Å². The molecule has 18 heavy (non-hydrogen) atoms. The fraction of sp³-hybridized carbons (Fsp3) is 0.200. The summed E-state index contributed by atoms with van der Waals surface area (Å²) in [5.74, 6) is 0. The van der Waals surface area contributed by atoms with Gasteiger partial charge in [-0.15, -0.1) is 0 Å². The fourth-order valence-corrected chi connectivity index (χ4v) is 3.02. The van der Waals surface area contributed by atoms with Gasteiger partial charge in [0, 0.05) is 24.1 Å². The zero-order valence-electron chi connectivity index (χ0n) is 9.89. The van der Waals surface area contributed by atoms with Crippen molar-refractivity contribution in [1.82, 2.24) is 4.98 Å². The van der Waals surface area contributed by atoms with E-state index in [9.17, 15) is 5.21 Å². The van der Waals surface area contributed by atoms with Gasteiger partial charge in [0.25, 0.3) is 0 Å². The Labute approximate surface area is 104 Å². The number of hydrogen-bond donors (Lipinski definition) is 0. The third kappa shape index (κ3) is 1.13. The predicted molar refractivity (Wildman–Crippen MR) is 70.2 cm³/mol. The van der Waals surface area contributed by atoms with Crippen LogP contribution in [0.1, 0.15) is 17.8 Å². The van der Waals surface area contributed by atoms with Crippen LogP contribution in [0.3, 0.4) is 0 Å². The molecule has 1 aliphatic carbocycles. The molecule has 0 saturated heterocycles. The van der Waals surface area contributed by atoms with E-state index in [2.05, 4.69) is 4.98 Å². The summed E-state index contributed by atoms with van der Waals surface area (Å²) in [6, 6.07) is 9.83. The van der Waals surface area contributed by atoms with Gasteiger partial charge in [0.2, 0.25) is 11.2 Å². The quantitative estimate of drug-likeness (QED) is 0.342. The third-order valence-corrected chi connectivity index (χ3v) is 3.80. The first-order chi connectivity index (χ1) is 8.86. The smallest absolute Gasteiger partial charge is 0.224 e. The highest BCUT2D eigenvalue weighted by Crippen LogP contribution is 2.30. The molecule has 0 saturated carbocycles. The summed E-state index contributed by atoms with van der Waals surface area (Å²) in [5.41, 5.74) is 2.72. The summed E-state index contributed by atoms with van der Waals surface area (Å²) < 4.78 is 1.10. The van der Waals surface area contributed by atoms with E-state index in [4.69, 9.17) is 0 Å². The van der Waals surface area contributed by atoms with Crippen molar-refractivity contribution >= 4 is 21.7 Å². The van der Waals surface area contributed by atoms with E-state index in [-0.39, 0.29) is 0 Å². The zero-order valence-corrected chi connectivity index (χ0v) is 9.89. The minimum Gasteiger partial charge on any atom is -0.618 e. The van der Waals surface area contributed by atoms with Gasteiger partial charge in [-0.1, -0.05) is 12.1 Å². The van der Waals surface area contributed by atoms with E-state index in [1.165, 1.54) is 0 Å². The second-order valence-electron chi connectivity index (χ2n) is 4.79. The predicted octanol–water partition coefficient (Wildman–Crippen LogP) is 2.51. The van der Waals surface area contributed by atoms with Gasteiger partial charge in [0.1, 0.15) is 0 Å². The molecule has 0 atom stereocenters. The van der Waals surface area contributed by atoms with E-state index < -0.39 is 0 Å². The minimum atomic E-state index is 0.763. The van der Waals surface area contributed by atoms with Crippen LogP contribution in [0.25, 0.3) is 21.7 Å². The average molecular weight is 236 g/mol. The minimum absolute atomic E-state index is 0.763. The largest absolute Gasteiger partial charge is 0.618 e. The lowest BCUT2D eigenvalue weighted by Crippen LogP contribution is -2.34. The van der Waals surface area contributed by atoms with Gasteiger partial charge in [-0.2, -0.15) is 4.73 Å². The Kier molecular flexibility index (Phi) is 1.87. The van der Waals surface area contributed by atoms with Crippen LogP contribution in [0.4, 0.5) is 0 Å². The number of para-hydroxylation sites is 1. The molecule has 3 heteroatoms. The molecule has 1 aliphatic rings. The molecular weight excluding hydrogens is 224 g/mol. The van der Waals surface area contributed by atoms with Gasteiger partial charge in [0.15, 0.2) is 0 Å². The number of fused-ring (bicyclic) bond motifs is 2. The van der Waals surface area contributed by atoms with E-state index in [1.54, 1.807) is 0 Å². The first-order valence-corrected chi connectivity index (χ1v) is 6.27. The number of pyridine rings is 2. The van der Waals surface area contributed by atoms with Crippen molar-refractivity contribution < 1.29 is 4.73 Å². The van der Waals surface area contributed by atoms with E-state index in [1.807, 2.05) is 36.5 Å². The first-order valence-electron chi connectivity index (χ1n) is 6.27. The zero-order chi connectivity index (χ0) is 12.1. The molecular formula is C15H12N2O. The van der Waals surface area contributed by atoms with Crippen LogP contribution in [0.15, 0.2) is 36.5 Å². The number of nitrogens with zero attached hydrogens (tertiary/aromatic N) is 2.